The Morgan fingerprint density at radius 3 is 2.54 bits per heavy atom. The zero-order valence-electron chi connectivity index (χ0n) is 14.7. The van der Waals surface area contributed by atoms with Crippen LogP contribution in [0, 0.1) is 0 Å². The van der Waals surface area contributed by atoms with Gasteiger partial charge in [0.05, 0.1) is 12.1 Å². The zero-order chi connectivity index (χ0) is 19.9. The lowest BCUT2D eigenvalue weighted by Gasteiger charge is -2.15. The number of carboxylic acid groups (broad SMARTS) is 1. The van der Waals surface area contributed by atoms with Gasteiger partial charge < -0.3 is 10.2 Å². The number of phenolic OH excluding ortho intramolecular Hbond substituents is 1. The van der Waals surface area contributed by atoms with Gasteiger partial charge in [0.15, 0.2) is 5.17 Å². The third-order valence-corrected chi connectivity index (χ3v) is 4.91. The van der Waals surface area contributed by atoms with Crippen LogP contribution in [0.25, 0.3) is 6.08 Å². The number of anilines is 1. The van der Waals surface area contributed by atoms with Crippen LogP contribution in [0.5, 0.6) is 5.75 Å². The van der Waals surface area contributed by atoms with Gasteiger partial charge in [-0.25, -0.2) is 0 Å². The van der Waals surface area contributed by atoms with Crippen molar-refractivity contribution < 1.29 is 19.8 Å². The van der Waals surface area contributed by atoms with Crippen LogP contribution in [-0.4, -0.2) is 38.7 Å². The van der Waals surface area contributed by atoms with Crippen LogP contribution in [0.1, 0.15) is 12.0 Å². The molecule has 1 heterocycles. The Labute approximate surface area is 165 Å². The van der Waals surface area contributed by atoms with E-state index in [0.29, 0.717) is 5.69 Å². The molecule has 2 N–H and O–H groups in total. The minimum atomic E-state index is -1.06. The molecule has 8 heteroatoms. The zero-order valence-corrected chi connectivity index (χ0v) is 15.5. The first-order chi connectivity index (χ1) is 13.5. The largest absolute Gasteiger partial charge is 0.508 e. The lowest BCUT2D eigenvalue weighted by atomic mass is 10.2. The number of aromatic hydroxyl groups is 1. The van der Waals surface area contributed by atoms with Crippen LogP contribution >= 0.6 is 11.8 Å². The van der Waals surface area contributed by atoms with Crippen LogP contribution in [0.15, 0.2) is 70.9 Å². The average molecular weight is 395 g/mol. The Hall–Kier alpha value is -3.39. The van der Waals surface area contributed by atoms with Crippen molar-refractivity contribution >= 4 is 46.8 Å². The summed E-state index contributed by atoms with van der Waals surface area (Å²) >= 11 is 1.05. The van der Waals surface area contributed by atoms with Crippen LogP contribution in [0.3, 0.4) is 0 Å². The number of carbonyl (C=O) groups excluding carboxylic acids is 1. The minimum Gasteiger partial charge on any atom is -0.508 e. The highest BCUT2D eigenvalue weighted by Crippen LogP contribution is 2.34. The Morgan fingerprint density at radius 1 is 1.14 bits per heavy atom. The normalized spacial score (nSPS) is 18.6. The molecule has 1 saturated heterocycles. The van der Waals surface area contributed by atoms with Crippen molar-refractivity contribution in [1.29, 1.82) is 0 Å². The second-order valence-corrected chi connectivity index (χ2v) is 6.98. The molecular weight excluding hydrogens is 378 g/mol. The number of benzene rings is 2. The molecule has 3 rings (SSSR count). The summed E-state index contributed by atoms with van der Waals surface area (Å²) in [7, 11) is 0. The highest BCUT2D eigenvalue weighted by atomic mass is 32.2. The van der Waals surface area contributed by atoms with E-state index in [0.717, 1.165) is 17.3 Å². The van der Waals surface area contributed by atoms with Crippen LogP contribution < -0.4 is 4.90 Å². The number of hydrogen-bond donors (Lipinski definition) is 2. The number of hydrogen-bond acceptors (Lipinski definition) is 6. The Kier molecular flexibility index (Phi) is 6.23. The second kappa shape index (κ2) is 9.01. The number of allylic oxidation sites excluding steroid dienone is 1. The quantitative estimate of drug-likeness (QED) is 0.577. The van der Waals surface area contributed by atoms with Crippen molar-refractivity contribution in [3.63, 3.8) is 0 Å². The van der Waals surface area contributed by atoms with Gasteiger partial charge in [0.25, 0.3) is 0 Å². The number of phenols is 1. The van der Waals surface area contributed by atoms with Crippen molar-refractivity contribution in [2.45, 2.75) is 11.7 Å². The summed E-state index contributed by atoms with van der Waals surface area (Å²) in [6.45, 7) is 0. The van der Waals surface area contributed by atoms with Crippen molar-refractivity contribution in [1.82, 2.24) is 0 Å². The number of amides is 1. The number of thioether (sulfide) groups is 1. The van der Waals surface area contributed by atoms with Gasteiger partial charge in [-0.1, -0.05) is 48.2 Å². The van der Waals surface area contributed by atoms with Crippen molar-refractivity contribution in [2.24, 2.45) is 10.2 Å². The van der Waals surface area contributed by atoms with E-state index >= 15 is 0 Å². The lowest BCUT2D eigenvalue weighted by Crippen LogP contribution is -2.32. The van der Waals surface area contributed by atoms with Gasteiger partial charge in [0, 0.05) is 6.21 Å². The number of carboxylic acids is 1. The molecule has 0 aliphatic carbocycles. The SMILES string of the molecule is O=C(O)CC1S/C(=N/N=C/C=C/c2ccccc2)N(c2ccc(O)cc2)C1=O. The molecule has 1 atom stereocenters. The number of rotatable bonds is 6. The Bertz CT molecular complexity index is 940. The maximum absolute atomic E-state index is 12.6. The molecule has 7 nitrogen and oxygen atoms in total. The molecule has 2 aromatic carbocycles. The minimum absolute atomic E-state index is 0.0627. The fourth-order valence-electron chi connectivity index (χ4n) is 2.50. The molecule has 0 radical (unpaired) electrons. The van der Waals surface area contributed by atoms with Gasteiger partial charge in [-0.2, -0.15) is 5.10 Å². The molecule has 0 aromatic heterocycles. The third kappa shape index (κ3) is 4.86. The molecule has 0 saturated carbocycles. The van der Waals surface area contributed by atoms with E-state index in [2.05, 4.69) is 10.2 Å². The Balaban J connectivity index is 1.80. The first kappa shape index (κ1) is 19.4. The number of nitrogens with zero attached hydrogens (tertiary/aromatic N) is 3. The predicted octanol–water partition coefficient (Wildman–Crippen LogP) is 3.37. The summed E-state index contributed by atoms with van der Waals surface area (Å²) < 4.78 is 0. The molecule has 0 bridgehead atoms. The van der Waals surface area contributed by atoms with Crippen LogP contribution in [0.2, 0.25) is 0 Å². The van der Waals surface area contributed by atoms with E-state index in [1.165, 1.54) is 23.2 Å². The van der Waals surface area contributed by atoms with Crippen LogP contribution in [0.4, 0.5) is 5.69 Å². The topological polar surface area (TPSA) is 103 Å². The second-order valence-electron chi connectivity index (χ2n) is 5.81. The van der Waals surface area contributed by atoms with Gasteiger partial charge in [0.1, 0.15) is 11.0 Å². The van der Waals surface area contributed by atoms with Gasteiger partial charge in [-0.05, 0) is 35.9 Å². The highest BCUT2D eigenvalue weighted by molar-refractivity contribution is 8.16. The summed E-state index contributed by atoms with van der Waals surface area (Å²) in [6.07, 6.45) is 4.77. The lowest BCUT2D eigenvalue weighted by molar-refractivity contribution is -0.138. The first-order valence-corrected chi connectivity index (χ1v) is 9.27. The molecule has 1 aliphatic rings. The van der Waals surface area contributed by atoms with Crippen molar-refractivity contribution in [2.75, 3.05) is 4.90 Å². The Morgan fingerprint density at radius 2 is 1.86 bits per heavy atom. The average Bonchev–Trinajstić information content (AvgIpc) is 2.98. The summed E-state index contributed by atoms with van der Waals surface area (Å²) in [5.41, 5.74) is 1.50. The van der Waals surface area contributed by atoms with E-state index in [1.807, 2.05) is 36.4 Å². The standard InChI is InChI=1S/C20H17N3O4S/c24-16-10-8-15(9-11-16)23-19(27)17(13-18(25)26)28-20(23)22-21-12-4-7-14-5-2-1-3-6-14/h1-12,17,24H,13H2,(H,25,26)/b7-4+,21-12+,22-20+. The molecule has 0 spiro atoms. The summed E-state index contributed by atoms with van der Waals surface area (Å²) in [4.78, 5) is 25.0. The van der Waals surface area contributed by atoms with E-state index in [9.17, 15) is 14.7 Å². The molecule has 1 fully saturated rings. The van der Waals surface area contributed by atoms with Gasteiger partial charge in [-0.3, -0.25) is 14.5 Å². The number of aliphatic carboxylic acids is 1. The van der Waals surface area contributed by atoms with E-state index in [4.69, 9.17) is 5.11 Å². The maximum atomic E-state index is 12.6. The maximum Gasteiger partial charge on any atom is 0.305 e. The molecule has 142 valence electrons. The predicted molar refractivity (Wildman–Crippen MR) is 111 cm³/mol. The first-order valence-electron chi connectivity index (χ1n) is 8.39. The molecule has 1 amide bonds. The summed E-state index contributed by atoms with van der Waals surface area (Å²) in [5, 5.41) is 26.0. The smallest absolute Gasteiger partial charge is 0.305 e. The van der Waals surface area contributed by atoms with E-state index < -0.39 is 11.2 Å². The van der Waals surface area contributed by atoms with Gasteiger partial charge in [0.2, 0.25) is 5.91 Å². The molecule has 28 heavy (non-hydrogen) atoms. The summed E-state index contributed by atoms with van der Waals surface area (Å²) in [6, 6.07) is 15.7. The fraction of sp³-hybridized carbons (Fsp3) is 0.100. The highest BCUT2D eigenvalue weighted by Gasteiger charge is 2.40. The third-order valence-electron chi connectivity index (χ3n) is 3.79. The van der Waals surface area contributed by atoms with Crippen molar-refractivity contribution in [3.8, 4) is 5.75 Å². The fourth-order valence-corrected chi connectivity index (χ4v) is 3.59. The van der Waals surface area contributed by atoms with E-state index in [1.54, 1.807) is 18.2 Å². The number of carbonyl (C=O) groups is 2. The summed E-state index contributed by atoms with van der Waals surface area (Å²) in [5.74, 6) is -1.38. The van der Waals surface area contributed by atoms with Crippen LogP contribution in [-0.2, 0) is 9.59 Å². The van der Waals surface area contributed by atoms with Gasteiger partial charge >= 0.3 is 5.97 Å². The molecule has 2 aromatic rings. The molecule has 1 unspecified atom stereocenters. The van der Waals surface area contributed by atoms with Gasteiger partial charge in [-0.15, -0.1) is 5.10 Å². The molecule has 1 aliphatic heterocycles. The molecular formula is C20H17N3O4S. The van der Waals surface area contributed by atoms with Crippen molar-refractivity contribution in [3.05, 3.63) is 66.2 Å². The number of amidine groups is 1. The monoisotopic (exact) mass is 395 g/mol. The van der Waals surface area contributed by atoms with E-state index in [-0.39, 0.29) is 23.2 Å².